The summed E-state index contributed by atoms with van der Waals surface area (Å²) in [5, 5.41) is 0. The van der Waals surface area contributed by atoms with Gasteiger partial charge in [-0.1, -0.05) is 38.2 Å². The van der Waals surface area contributed by atoms with E-state index in [0.29, 0.717) is 0 Å². The first-order valence-electron chi connectivity index (χ1n) is 3.79. The molecule has 0 aromatic heterocycles. The van der Waals surface area contributed by atoms with Gasteiger partial charge in [0.15, 0.2) is 0 Å². The largest absolute Gasteiger partial charge is 0.0988 e. The molecule has 0 aliphatic heterocycles. The topological polar surface area (TPSA) is 0 Å². The predicted molar refractivity (Wildman–Crippen MR) is 47.7 cm³/mol. The summed E-state index contributed by atoms with van der Waals surface area (Å²) in [6.07, 6.45) is 7.34. The normalized spacial score (nSPS) is 12.2. The fourth-order valence-corrected chi connectivity index (χ4v) is 0.594. The summed E-state index contributed by atoms with van der Waals surface area (Å²) in [7, 11) is 0. The van der Waals surface area contributed by atoms with Gasteiger partial charge in [-0.3, -0.25) is 0 Å². The van der Waals surface area contributed by atoms with Crippen molar-refractivity contribution < 1.29 is 0 Å². The van der Waals surface area contributed by atoms with Crippen molar-refractivity contribution in [3.63, 3.8) is 0 Å². The Hall–Kier alpha value is -0.520. The maximum atomic E-state index is 3.67. The monoisotopic (exact) mass is 137 g/mol. The van der Waals surface area contributed by atoms with Crippen LogP contribution in [0.5, 0.6) is 0 Å². The zero-order valence-electron chi connectivity index (χ0n) is 7.22. The lowest BCUT2D eigenvalue weighted by Crippen LogP contribution is -1.85. The maximum absolute atomic E-state index is 3.67. The molecule has 0 unspecified atom stereocenters. The van der Waals surface area contributed by atoms with E-state index in [1.165, 1.54) is 5.57 Å². The molecule has 0 heterocycles. The predicted octanol–water partition coefficient (Wildman–Crippen LogP) is 3.37. The average Bonchev–Trinajstić information content (AvgIpc) is 1.87. The molecule has 0 saturated carbocycles. The van der Waals surface area contributed by atoms with Gasteiger partial charge in [-0.05, 0) is 25.7 Å². The smallest absolute Gasteiger partial charge is 0.0162 e. The minimum absolute atomic E-state index is 0.758. The van der Waals surface area contributed by atoms with Crippen LogP contribution in [-0.2, 0) is 0 Å². The molecular weight excluding hydrogens is 120 g/mol. The number of hydrogen-bond donors (Lipinski definition) is 0. The molecule has 0 atom stereocenters. The van der Waals surface area contributed by atoms with E-state index in [1.54, 1.807) is 0 Å². The van der Waals surface area contributed by atoms with Crippen LogP contribution in [0.3, 0.4) is 0 Å². The molecule has 0 nitrogen and oxygen atoms in total. The van der Waals surface area contributed by atoms with Crippen molar-refractivity contribution in [2.45, 2.75) is 27.2 Å². The molecule has 0 fully saturated rings. The van der Waals surface area contributed by atoms with Crippen molar-refractivity contribution in [2.75, 3.05) is 0 Å². The molecule has 0 aliphatic carbocycles. The molecular formula is C10H17. The fraction of sp³-hybridized carbons (Fsp3) is 0.500. The van der Waals surface area contributed by atoms with Gasteiger partial charge < -0.3 is 0 Å². The second-order valence-electron chi connectivity index (χ2n) is 2.98. The molecule has 0 amide bonds. The first-order valence-corrected chi connectivity index (χ1v) is 3.79. The maximum Gasteiger partial charge on any atom is -0.0162 e. The molecule has 0 aromatic rings. The van der Waals surface area contributed by atoms with Crippen LogP contribution < -0.4 is 0 Å². The third-order valence-electron chi connectivity index (χ3n) is 1.31. The lowest BCUT2D eigenvalue weighted by molar-refractivity contribution is 0.646. The molecule has 57 valence electrons. The molecule has 0 saturated heterocycles. The Morgan fingerprint density at radius 2 is 2.10 bits per heavy atom. The van der Waals surface area contributed by atoms with Gasteiger partial charge in [0.2, 0.25) is 0 Å². The third-order valence-corrected chi connectivity index (χ3v) is 1.31. The second-order valence-corrected chi connectivity index (χ2v) is 2.98. The number of allylic oxidation sites excluding steroid dienone is 3. The molecule has 1 radical (unpaired) electrons. The molecule has 10 heavy (non-hydrogen) atoms. The zero-order valence-corrected chi connectivity index (χ0v) is 7.22. The van der Waals surface area contributed by atoms with E-state index < -0.39 is 0 Å². The van der Waals surface area contributed by atoms with Crippen LogP contribution in [-0.4, -0.2) is 0 Å². The van der Waals surface area contributed by atoms with Crippen molar-refractivity contribution in [1.82, 2.24) is 0 Å². The lowest BCUT2D eigenvalue weighted by atomic mass is 10.1. The summed E-state index contributed by atoms with van der Waals surface area (Å²) in [5.41, 5.74) is 1.24. The fourth-order valence-electron chi connectivity index (χ4n) is 0.594. The minimum Gasteiger partial charge on any atom is -0.0988 e. The standard InChI is InChI=1S/C10H17/c1-5-10(4)8-6-7-9(2)3/h5-6,8-9H,1,7H2,2-4H3. The van der Waals surface area contributed by atoms with Crippen LogP contribution in [0.1, 0.15) is 27.2 Å². The van der Waals surface area contributed by atoms with Crippen LogP contribution in [0.2, 0.25) is 0 Å². The summed E-state index contributed by atoms with van der Waals surface area (Å²) in [5.74, 6) is 0.758. The second kappa shape index (κ2) is 5.28. The highest BCUT2D eigenvalue weighted by Crippen LogP contribution is 2.05. The van der Waals surface area contributed by atoms with Crippen LogP contribution in [0.25, 0.3) is 0 Å². The first kappa shape index (κ1) is 9.48. The number of rotatable bonds is 4. The highest BCUT2D eigenvalue weighted by molar-refractivity contribution is 5.16. The Kier molecular flexibility index (Phi) is 5.00. The summed E-state index contributed by atoms with van der Waals surface area (Å²) in [6, 6.07) is 0. The zero-order chi connectivity index (χ0) is 7.98. The van der Waals surface area contributed by atoms with Crippen molar-refractivity contribution in [3.05, 3.63) is 30.7 Å². The van der Waals surface area contributed by atoms with Crippen molar-refractivity contribution in [2.24, 2.45) is 5.92 Å². The van der Waals surface area contributed by atoms with Gasteiger partial charge in [0, 0.05) is 0 Å². The summed E-state index contributed by atoms with van der Waals surface area (Å²) >= 11 is 0. The summed E-state index contributed by atoms with van der Waals surface area (Å²) in [4.78, 5) is 0. The SMILES string of the molecule is C=CC(C)=C[CH]CC(C)C. The van der Waals surface area contributed by atoms with Crippen molar-refractivity contribution in [1.29, 1.82) is 0 Å². The highest BCUT2D eigenvalue weighted by atomic mass is 14.0. The number of hydrogen-bond acceptors (Lipinski definition) is 0. The van der Waals surface area contributed by atoms with E-state index in [2.05, 4.69) is 39.8 Å². The van der Waals surface area contributed by atoms with Crippen LogP contribution in [0.15, 0.2) is 24.3 Å². The molecule has 0 bridgehead atoms. The molecule has 0 heteroatoms. The molecule has 0 spiro atoms. The first-order chi connectivity index (χ1) is 4.66. The average molecular weight is 137 g/mol. The van der Waals surface area contributed by atoms with E-state index in [9.17, 15) is 0 Å². The van der Waals surface area contributed by atoms with Gasteiger partial charge in [0.25, 0.3) is 0 Å². The summed E-state index contributed by atoms with van der Waals surface area (Å²) in [6.45, 7) is 10.2. The molecule has 0 aromatic carbocycles. The van der Waals surface area contributed by atoms with Crippen molar-refractivity contribution >= 4 is 0 Å². The molecule has 0 aliphatic rings. The van der Waals surface area contributed by atoms with Gasteiger partial charge in [-0.2, -0.15) is 0 Å². The lowest BCUT2D eigenvalue weighted by Gasteiger charge is -1.99. The third kappa shape index (κ3) is 5.61. The Labute approximate surface area is 64.6 Å². The van der Waals surface area contributed by atoms with E-state index >= 15 is 0 Å². The van der Waals surface area contributed by atoms with Gasteiger partial charge in [-0.15, -0.1) is 0 Å². The minimum atomic E-state index is 0.758. The van der Waals surface area contributed by atoms with Crippen LogP contribution in [0, 0.1) is 12.3 Å². The van der Waals surface area contributed by atoms with E-state index in [4.69, 9.17) is 0 Å². The highest BCUT2D eigenvalue weighted by Gasteiger charge is 1.90. The van der Waals surface area contributed by atoms with Gasteiger partial charge in [0.05, 0.1) is 0 Å². The Bertz CT molecular complexity index is 118. The molecule has 0 N–H and O–H groups in total. The van der Waals surface area contributed by atoms with E-state index in [-0.39, 0.29) is 0 Å². The van der Waals surface area contributed by atoms with Crippen molar-refractivity contribution in [3.8, 4) is 0 Å². The van der Waals surface area contributed by atoms with Gasteiger partial charge in [-0.25, -0.2) is 0 Å². The molecule has 0 rings (SSSR count). The Morgan fingerprint density at radius 1 is 1.50 bits per heavy atom. The van der Waals surface area contributed by atoms with E-state index in [0.717, 1.165) is 12.3 Å². The quantitative estimate of drug-likeness (QED) is 0.521. The van der Waals surface area contributed by atoms with Crippen LogP contribution >= 0.6 is 0 Å². The van der Waals surface area contributed by atoms with E-state index in [1.807, 2.05) is 6.08 Å². The Balaban J connectivity index is 3.43. The Morgan fingerprint density at radius 3 is 2.50 bits per heavy atom. The van der Waals surface area contributed by atoms with Gasteiger partial charge >= 0.3 is 0 Å². The van der Waals surface area contributed by atoms with Gasteiger partial charge in [0.1, 0.15) is 0 Å². The van der Waals surface area contributed by atoms with Crippen LogP contribution in [0.4, 0.5) is 0 Å². The summed E-state index contributed by atoms with van der Waals surface area (Å²) < 4.78 is 0.